The van der Waals surface area contributed by atoms with Gasteiger partial charge in [0.05, 0.1) is 13.2 Å². The molecule has 0 amide bonds. The summed E-state index contributed by atoms with van der Waals surface area (Å²) in [5.41, 5.74) is 1.82. The number of halogens is 1. The largest absolute Gasteiger partial charge is 0.347 e. The Kier molecular flexibility index (Phi) is 3.37. The van der Waals surface area contributed by atoms with Crippen molar-refractivity contribution in [2.75, 3.05) is 18.5 Å². The summed E-state index contributed by atoms with van der Waals surface area (Å²) in [5, 5.41) is 1.18. The highest BCUT2D eigenvalue weighted by Crippen LogP contribution is 2.99. The molecule has 3 heteroatoms. The van der Waals surface area contributed by atoms with Crippen LogP contribution in [0.3, 0.4) is 0 Å². The maximum absolute atomic E-state index is 6.29. The molecule has 6 unspecified atom stereocenters. The molecule has 7 fully saturated rings. The zero-order chi connectivity index (χ0) is 19.1. The van der Waals surface area contributed by atoms with Crippen LogP contribution in [0.15, 0.2) is 0 Å². The highest BCUT2D eigenvalue weighted by Gasteiger charge is 2.98. The quantitative estimate of drug-likeness (QED) is 0.490. The van der Waals surface area contributed by atoms with E-state index >= 15 is 0 Å². The highest BCUT2D eigenvalue weighted by molar-refractivity contribution is 9.09. The molecular weight excluding hydrogens is 412 g/mol. The lowest BCUT2D eigenvalue weighted by Crippen LogP contribution is -2.58. The van der Waals surface area contributed by atoms with Gasteiger partial charge in [-0.15, -0.1) is 0 Å². The maximum Gasteiger partial charge on any atom is 0.172 e. The van der Waals surface area contributed by atoms with Crippen LogP contribution < -0.4 is 0 Å². The van der Waals surface area contributed by atoms with Gasteiger partial charge in [0.25, 0.3) is 0 Å². The Bertz CT molecular complexity index is 717. The minimum Gasteiger partial charge on any atom is -0.347 e. The summed E-state index contributed by atoms with van der Waals surface area (Å²) in [5.74, 6) is 7.34. The number of rotatable bonds is 2. The minimum atomic E-state index is -0.152. The lowest BCUT2D eigenvalue weighted by atomic mass is 9.44. The monoisotopic (exact) mass is 448 g/mol. The van der Waals surface area contributed by atoms with Gasteiger partial charge in [-0.3, -0.25) is 0 Å². The van der Waals surface area contributed by atoms with Crippen molar-refractivity contribution < 1.29 is 9.47 Å². The third-order valence-electron chi connectivity index (χ3n) is 12.3. The van der Waals surface area contributed by atoms with Gasteiger partial charge in [-0.1, -0.05) is 36.7 Å². The van der Waals surface area contributed by atoms with E-state index in [-0.39, 0.29) is 5.79 Å². The molecule has 28 heavy (non-hydrogen) atoms. The molecule has 7 rings (SSSR count). The summed E-state index contributed by atoms with van der Waals surface area (Å²) in [6.07, 6.45) is 10.1. The minimum absolute atomic E-state index is 0.152. The SMILES string of the molecule is C[C@H](CBr)C1CCC2C3CC4C5[C@H]6C7(CC[C@](C)(C3CC[C@@]21C)[C@@]456)OCCO7. The van der Waals surface area contributed by atoms with Crippen molar-refractivity contribution in [3.63, 3.8) is 0 Å². The Morgan fingerprint density at radius 3 is 2.50 bits per heavy atom. The fourth-order valence-corrected chi connectivity index (χ4v) is 11.8. The van der Waals surface area contributed by atoms with E-state index in [1.807, 2.05) is 0 Å². The van der Waals surface area contributed by atoms with Gasteiger partial charge in [-0.25, -0.2) is 0 Å². The molecule has 6 saturated carbocycles. The third kappa shape index (κ3) is 1.69. The molecule has 0 aromatic heterocycles. The number of fused-ring (bicyclic) bond motifs is 7. The Morgan fingerprint density at radius 1 is 0.964 bits per heavy atom. The topological polar surface area (TPSA) is 18.5 Å². The Labute approximate surface area is 179 Å². The van der Waals surface area contributed by atoms with Gasteiger partial charge < -0.3 is 9.47 Å². The predicted octanol–water partition coefficient (Wildman–Crippen LogP) is 5.89. The van der Waals surface area contributed by atoms with Crippen LogP contribution >= 0.6 is 15.9 Å². The van der Waals surface area contributed by atoms with Crippen LogP contribution in [-0.4, -0.2) is 24.3 Å². The second kappa shape index (κ2) is 5.23. The fourth-order valence-electron chi connectivity index (χ4n) is 11.3. The number of hydrogen-bond acceptors (Lipinski definition) is 2. The molecule has 2 spiro atoms. The van der Waals surface area contributed by atoms with Gasteiger partial charge in [0, 0.05) is 17.7 Å². The molecule has 156 valence electrons. The van der Waals surface area contributed by atoms with Gasteiger partial charge in [-0.2, -0.15) is 0 Å². The van der Waals surface area contributed by atoms with Crippen LogP contribution in [0.2, 0.25) is 0 Å². The molecule has 0 N–H and O–H groups in total. The molecule has 1 aliphatic heterocycles. The molecular formula is C25H37BrO2. The molecule has 1 heterocycles. The first kappa shape index (κ1) is 18.0. The van der Waals surface area contributed by atoms with Crippen molar-refractivity contribution >= 4 is 15.9 Å². The molecule has 11 atom stereocenters. The molecule has 7 aliphatic rings. The average Bonchev–Trinajstić information content (AvgIpc) is 3.43. The Hall–Kier alpha value is 0.400. The smallest absolute Gasteiger partial charge is 0.172 e. The first-order valence-electron chi connectivity index (χ1n) is 12.3. The first-order chi connectivity index (χ1) is 13.4. The lowest BCUT2D eigenvalue weighted by molar-refractivity contribution is -0.246. The Morgan fingerprint density at radius 2 is 1.75 bits per heavy atom. The Balaban J connectivity index is 1.21. The summed E-state index contributed by atoms with van der Waals surface area (Å²) in [6, 6.07) is 0. The maximum atomic E-state index is 6.29. The van der Waals surface area contributed by atoms with Crippen LogP contribution in [0.25, 0.3) is 0 Å². The summed E-state index contributed by atoms with van der Waals surface area (Å²) >= 11 is 3.81. The van der Waals surface area contributed by atoms with Gasteiger partial charge in [0.1, 0.15) is 0 Å². The van der Waals surface area contributed by atoms with Crippen molar-refractivity contribution in [3.8, 4) is 0 Å². The summed E-state index contributed by atoms with van der Waals surface area (Å²) in [4.78, 5) is 0. The van der Waals surface area contributed by atoms with Crippen LogP contribution in [0.1, 0.15) is 65.7 Å². The van der Waals surface area contributed by atoms with Gasteiger partial charge >= 0.3 is 0 Å². The number of ether oxygens (including phenoxy) is 2. The van der Waals surface area contributed by atoms with E-state index in [2.05, 4.69) is 36.7 Å². The van der Waals surface area contributed by atoms with Gasteiger partial charge in [0.15, 0.2) is 5.79 Å². The normalized spacial score (nSPS) is 63.2. The first-order valence-corrected chi connectivity index (χ1v) is 13.4. The van der Waals surface area contributed by atoms with Crippen molar-refractivity contribution in [1.82, 2.24) is 0 Å². The van der Waals surface area contributed by atoms with Crippen molar-refractivity contribution in [2.24, 2.45) is 63.6 Å². The zero-order valence-corrected chi connectivity index (χ0v) is 19.5. The van der Waals surface area contributed by atoms with E-state index in [4.69, 9.17) is 9.47 Å². The standard InChI is InChI=1S/C25H37BrO2/c1-14(13-26)16-4-5-17-15-12-19-20-21-24(27-10-11-28-24)9-8-23(3,25(19,20)21)18(15)6-7-22(16,17)2/h14-21H,4-13H2,1-3H3/t14-,15?,16?,17?,18?,19?,20?,21+,22-,23-,25+/m1/s1. The second-order valence-electron chi connectivity index (χ2n) is 12.4. The second-order valence-corrected chi connectivity index (χ2v) is 13.1. The molecule has 0 radical (unpaired) electrons. The van der Waals surface area contributed by atoms with Gasteiger partial charge in [-0.05, 0) is 96.2 Å². The van der Waals surface area contributed by atoms with Crippen molar-refractivity contribution in [3.05, 3.63) is 0 Å². The predicted molar refractivity (Wildman–Crippen MR) is 113 cm³/mol. The van der Waals surface area contributed by atoms with E-state index in [1.54, 1.807) is 6.42 Å². The van der Waals surface area contributed by atoms with Crippen LogP contribution in [-0.2, 0) is 9.47 Å². The fraction of sp³-hybridized carbons (Fsp3) is 1.00. The number of alkyl halides is 1. The van der Waals surface area contributed by atoms with E-state index < -0.39 is 0 Å². The van der Waals surface area contributed by atoms with Gasteiger partial charge in [0.2, 0.25) is 0 Å². The molecule has 6 aliphatic carbocycles. The summed E-state index contributed by atoms with van der Waals surface area (Å²) in [6.45, 7) is 9.60. The van der Waals surface area contributed by atoms with Crippen LogP contribution in [0, 0.1) is 63.6 Å². The summed E-state index contributed by atoms with van der Waals surface area (Å²) < 4.78 is 12.6. The third-order valence-corrected chi connectivity index (χ3v) is 13.3. The average molecular weight is 449 g/mol. The molecule has 1 saturated heterocycles. The van der Waals surface area contributed by atoms with E-state index in [9.17, 15) is 0 Å². The van der Waals surface area contributed by atoms with Crippen LogP contribution in [0.5, 0.6) is 0 Å². The highest BCUT2D eigenvalue weighted by atomic mass is 79.9. The van der Waals surface area contributed by atoms with E-state index in [1.165, 1.54) is 43.9 Å². The van der Waals surface area contributed by atoms with Crippen molar-refractivity contribution in [1.29, 1.82) is 0 Å². The van der Waals surface area contributed by atoms with Crippen molar-refractivity contribution in [2.45, 2.75) is 71.5 Å². The van der Waals surface area contributed by atoms with Crippen LogP contribution in [0.4, 0.5) is 0 Å². The molecule has 0 aromatic carbocycles. The van der Waals surface area contributed by atoms with E-state index in [0.29, 0.717) is 16.2 Å². The summed E-state index contributed by atoms with van der Waals surface area (Å²) in [7, 11) is 0. The lowest BCUT2D eigenvalue weighted by Gasteiger charge is -2.62. The zero-order valence-electron chi connectivity index (χ0n) is 17.9. The number of hydrogen-bond donors (Lipinski definition) is 0. The molecule has 2 nitrogen and oxygen atoms in total. The van der Waals surface area contributed by atoms with E-state index in [0.717, 1.165) is 60.6 Å². The molecule has 0 aromatic rings. The molecule has 0 bridgehead atoms.